The Kier molecular flexibility index (Phi) is 6.14. The van der Waals surface area contributed by atoms with E-state index in [1.54, 1.807) is 24.3 Å². The van der Waals surface area contributed by atoms with Crippen LogP contribution in [0.2, 0.25) is 0 Å². The summed E-state index contributed by atoms with van der Waals surface area (Å²) in [6.45, 7) is 1.59. The molecule has 0 aliphatic carbocycles. The molecule has 0 heterocycles. The highest BCUT2D eigenvalue weighted by Crippen LogP contribution is 2.23. The van der Waals surface area contributed by atoms with E-state index in [9.17, 15) is 22.0 Å². The first kappa shape index (κ1) is 19.6. The summed E-state index contributed by atoms with van der Waals surface area (Å²) in [6, 6.07) is 8.98. The zero-order valence-corrected chi connectivity index (χ0v) is 15.0. The molecule has 2 rings (SSSR count). The Balaban J connectivity index is 2.21. The van der Waals surface area contributed by atoms with E-state index in [0.29, 0.717) is 28.4 Å². The average molecular weight is 384 g/mol. The van der Waals surface area contributed by atoms with Gasteiger partial charge in [-0.15, -0.1) is 0 Å². The first-order chi connectivity index (χ1) is 12.2. The molecule has 0 spiro atoms. The van der Waals surface area contributed by atoms with E-state index in [0.717, 1.165) is 18.4 Å². The van der Waals surface area contributed by atoms with Crippen molar-refractivity contribution in [2.45, 2.75) is 6.92 Å². The Labute approximate surface area is 150 Å². The van der Waals surface area contributed by atoms with Gasteiger partial charge in [0.15, 0.2) is 0 Å². The number of rotatable bonds is 7. The number of amides is 1. The minimum absolute atomic E-state index is 0.397. The second-order valence-corrected chi connectivity index (χ2v) is 7.28. The molecular formula is C17H18F2N2O4S. The lowest BCUT2D eigenvalue weighted by Gasteiger charge is -2.22. The highest BCUT2D eigenvalue weighted by molar-refractivity contribution is 7.92. The van der Waals surface area contributed by atoms with Crippen molar-refractivity contribution in [3.63, 3.8) is 0 Å². The van der Waals surface area contributed by atoms with Crippen LogP contribution < -0.4 is 14.4 Å². The fourth-order valence-electron chi connectivity index (χ4n) is 2.23. The number of carbonyl (C=O) groups is 1. The highest BCUT2D eigenvalue weighted by Gasteiger charge is 2.24. The third-order valence-electron chi connectivity index (χ3n) is 3.29. The van der Waals surface area contributed by atoms with Crippen molar-refractivity contribution in [1.29, 1.82) is 0 Å². The topological polar surface area (TPSA) is 75.7 Å². The number of nitrogens with zero attached hydrogens (tertiary/aromatic N) is 1. The van der Waals surface area contributed by atoms with E-state index in [-0.39, 0.29) is 0 Å². The van der Waals surface area contributed by atoms with Crippen LogP contribution >= 0.6 is 0 Å². The zero-order chi connectivity index (χ0) is 19.3. The number of hydrogen-bond acceptors (Lipinski definition) is 4. The normalized spacial score (nSPS) is 11.1. The van der Waals surface area contributed by atoms with Crippen LogP contribution in [0, 0.1) is 11.6 Å². The molecular weight excluding hydrogens is 366 g/mol. The van der Waals surface area contributed by atoms with Crippen molar-refractivity contribution in [2.75, 3.05) is 29.0 Å². The van der Waals surface area contributed by atoms with Gasteiger partial charge in [0.05, 0.1) is 18.6 Å². The molecule has 0 bridgehead atoms. The first-order valence-electron chi connectivity index (χ1n) is 7.66. The summed E-state index contributed by atoms with van der Waals surface area (Å²) in [5.41, 5.74) is -0.0129. The molecule has 2 aromatic rings. The first-order valence-corrected chi connectivity index (χ1v) is 9.51. The lowest BCUT2D eigenvalue weighted by molar-refractivity contribution is -0.114. The summed E-state index contributed by atoms with van der Waals surface area (Å²) in [4.78, 5) is 12.2. The van der Waals surface area contributed by atoms with Crippen LogP contribution in [-0.4, -0.2) is 33.7 Å². The number of halogens is 2. The monoisotopic (exact) mass is 384 g/mol. The quantitative estimate of drug-likeness (QED) is 0.797. The van der Waals surface area contributed by atoms with E-state index in [1.807, 2.05) is 6.92 Å². The van der Waals surface area contributed by atoms with Gasteiger partial charge in [-0.05, 0) is 31.2 Å². The van der Waals surface area contributed by atoms with Gasteiger partial charge in [0, 0.05) is 17.8 Å². The van der Waals surface area contributed by atoms with E-state index < -0.39 is 39.8 Å². The molecule has 0 fully saturated rings. The largest absolute Gasteiger partial charge is 0.494 e. The van der Waals surface area contributed by atoms with Crippen LogP contribution in [0.3, 0.4) is 0 Å². The Morgan fingerprint density at radius 3 is 2.54 bits per heavy atom. The van der Waals surface area contributed by atoms with Crippen LogP contribution in [0.25, 0.3) is 0 Å². The Morgan fingerprint density at radius 1 is 1.19 bits per heavy atom. The van der Waals surface area contributed by atoms with E-state index in [2.05, 4.69) is 5.32 Å². The molecule has 140 valence electrons. The summed E-state index contributed by atoms with van der Waals surface area (Å²) >= 11 is 0. The number of ether oxygens (including phenoxy) is 1. The molecule has 0 atom stereocenters. The molecule has 2 aromatic carbocycles. The van der Waals surface area contributed by atoms with Crippen molar-refractivity contribution in [3.05, 3.63) is 54.1 Å². The number of nitrogens with one attached hydrogen (secondary N) is 1. The van der Waals surface area contributed by atoms with Crippen molar-refractivity contribution in [1.82, 2.24) is 0 Å². The minimum atomic E-state index is -3.97. The molecule has 1 N–H and O–H groups in total. The van der Waals surface area contributed by atoms with Gasteiger partial charge in [0.25, 0.3) is 0 Å². The summed E-state index contributed by atoms with van der Waals surface area (Å²) in [5, 5.41) is 2.52. The van der Waals surface area contributed by atoms with Crippen LogP contribution in [0.5, 0.6) is 5.75 Å². The second kappa shape index (κ2) is 8.13. The summed E-state index contributed by atoms with van der Waals surface area (Å²) in [6.07, 6.45) is 0.832. The molecule has 0 unspecified atom stereocenters. The number of anilines is 2. The molecule has 6 nitrogen and oxygen atoms in total. The van der Waals surface area contributed by atoms with Gasteiger partial charge in [0.1, 0.15) is 23.9 Å². The van der Waals surface area contributed by atoms with E-state index >= 15 is 0 Å². The summed E-state index contributed by atoms with van der Waals surface area (Å²) < 4.78 is 56.8. The fourth-order valence-corrected chi connectivity index (χ4v) is 3.08. The van der Waals surface area contributed by atoms with Crippen LogP contribution in [0.4, 0.5) is 20.2 Å². The molecule has 9 heteroatoms. The van der Waals surface area contributed by atoms with E-state index in [1.165, 1.54) is 0 Å². The third kappa shape index (κ3) is 5.16. The fraction of sp³-hybridized carbons (Fsp3) is 0.235. The van der Waals surface area contributed by atoms with Gasteiger partial charge in [0.2, 0.25) is 15.9 Å². The van der Waals surface area contributed by atoms with Crippen molar-refractivity contribution < 1.29 is 26.7 Å². The molecule has 0 aliphatic rings. The molecule has 0 aliphatic heterocycles. The zero-order valence-electron chi connectivity index (χ0n) is 14.2. The lowest BCUT2D eigenvalue weighted by atomic mass is 10.3. The van der Waals surface area contributed by atoms with Gasteiger partial charge < -0.3 is 10.1 Å². The number of sulfonamides is 1. The second-order valence-electron chi connectivity index (χ2n) is 5.37. The smallest absolute Gasteiger partial charge is 0.245 e. The molecule has 1 amide bonds. The Hall–Kier alpha value is -2.68. The van der Waals surface area contributed by atoms with Crippen molar-refractivity contribution in [3.8, 4) is 5.75 Å². The van der Waals surface area contributed by atoms with E-state index in [4.69, 9.17) is 4.74 Å². The summed E-state index contributed by atoms with van der Waals surface area (Å²) in [5.74, 6) is -2.08. The molecule has 26 heavy (non-hydrogen) atoms. The Morgan fingerprint density at radius 2 is 1.92 bits per heavy atom. The predicted octanol–water partition coefficient (Wildman–Crippen LogP) is 2.77. The maximum Gasteiger partial charge on any atom is 0.245 e. The third-order valence-corrected chi connectivity index (χ3v) is 4.42. The predicted molar refractivity (Wildman–Crippen MR) is 94.8 cm³/mol. The maximum atomic E-state index is 14.0. The SMILES string of the molecule is CCOc1cccc(NC(=O)CN(c2ccc(F)cc2F)S(C)(=O)=O)c1. The number of carbonyl (C=O) groups excluding carboxylic acids is 1. The molecule has 0 aromatic heterocycles. The van der Waals surface area contributed by atoms with Gasteiger partial charge >= 0.3 is 0 Å². The minimum Gasteiger partial charge on any atom is -0.494 e. The number of benzene rings is 2. The maximum absolute atomic E-state index is 14.0. The van der Waals surface area contributed by atoms with Crippen molar-refractivity contribution >= 4 is 27.3 Å². The Bertz CT molecular complexity index is 903. The molecule has 0 radical (unpaired) electrons. The standard InChI is InChI=1S/C17H18F2N2O4S/c1-3-25-14-6-4-5-13(10-14)20-17(22)11-21(26(2,23)24)16-8-7-12(18)9-15(16)19/h4-10H,3,11H2,1-2H3,(H,20,22). The highest BCUT2D eigenvalue weighted by atomic mass is 32.2. The van der Waals surface area contributed by atoms with Gasteiger partial charge in [-0.2, -0.15) is 0 Å². The lowest BCUT2D eigenvalue weighted by Crippen LogP contribution is -2.38. The van der Waals surface area contributed by atoms with Gasteiger partial charge in [-0.3, -0.25) is 9.10 Å². The summed E-state index contributed by atoms with van der Waals surface area (Å²) in [7, 11) is -3.97. The van der Waals surface area contributed by atoms with Crippen LogP contribution in [0.1, 0.15) is 6.92 Å². The van der Waals surface area contributed by atoms with Crippen molar-refractivity contribution in [2.24, 2.45) is 0 Å². The molecule has 0 saturated heterocycles. The van der Waals surface area contributed by atoms with Gasteiger partial charge in [-0.1, -0.05) is 6.07 Å². The van der Waals surface area contributed by atoms with Gasteiger partial charge in [-0.25, -0.2) is 17.2 Å². The van der Waals surface area contributed by atoms with Crippen LogP contribution in [-0.2, 0) is 14.8 Å². The average Bonchev–Trinajstić information content (AvgIpc) is 2.53. The molecule has 0 saturated carbocycles. The number of hydrogen-bond donors (Lipinski definition) is 1. The van der Waals surface area contributed by atoms with Crippen LogP contribution in [0.15, 0.2) is 42.5 Å².